The summed E-state index contributed by atoms with van der Waals surface area (Å²) in [6, 6.07) is 8.18. The van der Waals surface area contributed by atoms with Crippen molar-refractivity contribution in [3.63, 3.8) is 0 Å². The van der Waals surface area contributed by atoms with Crippen molar-refractivity contribution in [3.05, 3.63) is 57.5 Å². The minimum Gasteiger partial charge on any atom is -0.293 e. The largest absolute Gasteiger partial charge is 0.293 e. The Bertz CT molecular complexity index is 503. The molecule has 0 radical (unpaired) electrons. The van der Waals surface area contributed by atoms with Crippen molar-refractivity contribution >= 4 is 17.1 Å². The topological polar surface area (TPSA) is 17.1 Å². The Hall–Kier alpha value is -1.48. The van der Waals surface area contributed by atoms with Crippen molar-refractivity contribution in [1.29, 1.82) is 0 Å². The van der Waals surface area contributed by atoms with Crippen LogP contribution in [0.3, 0.4) is 0 Å². The number of carbonyl (C=O) groups is 1. The van der Waals surface area contributed by atoms with E-state index in [-0.39, 0.29) is 18.0 Å². The number of thiophene rings is 1. The number of benzene rings is 1. The molecule has 1 heterocycles. The molecule has 0 unspecified atom stereocenters. The van der Waals surface area contributed by atoms with E-state index in [0.29, 0.717) is 0 Å². The Morgan fingerprint density at radius 3 is 2.88 bits per heavy atom. The van der Waals surface area contributed by atoms with Crippen LogP contribution in [0.4, 0.5) is 4.39 Å². The SMILES string of the molecule is Cc1ccc(F)cc1CC(=O)c1cccs1. The summed E-state index contributed by atoms with van der Waals surface area (Å²) >= 11 is 1.42. The molecule has 0 saturated carbocycles. The van der Waals surface area contributed by atoms with Gasteiger partial charge in [0.15, 0.2) is 5.78 Å². The fourth-order valence-corrected chi connectivity index (χ4v) is 2.19. The third-order valence-electron chi connectivity index (χ3n) is 2.46. The van der Waals surface area contributed by atoms with Crippen molar-refractivity contribution < 1.29 is 9.18 Å². The van der Waals surface area contributed by atoms with E-state index < -0.39 is 0 Å². The zero-order valence-corrected chi connectivity index (χ0v) is 9.68. The van der Waals surface area contributed by atoms with Gasteiger partial charge in [-0.25, -0.2) is 4.39 Å². The molecule has 0 aliphatic carbocycles. The highest BCUT2D eigenvalue weighted by Gasteiger charge is 2.10. The third-order valence-corrected chi connectivity index (χ3v) is 3.37. The Morgan fingerprint density at radius 2 is 2.19 bits per heavy atom. The van der Waals surface area contributed by atoms with Crippen molar-refractivity contribution in [2.75, 3.05) is 0 Å². The van der Waals surface area contributed by atoms with Crippen molar-refractivity contribution in [1.82, 2.24) is 0 Å². The maximum Gasteiger partial charge on any atom is 0.177 e. The third kappa shape index (κ3) is 2.36. The molecule has 0 amide bonds. The number of rotatable bonds is 3. The van der Waals surface area contributed by atoms with Gasteiger partial charge in [-0.2, -0.15) is 0 Å². The average Bonchev–Trinajstić information content (AvgIpc) is 2.76. The molecule has 0 fully saturated rings. The number of halogens is 1. The highest BCUT2D eigenvalue weighted by Crippen LogP contribution is 2.16. The van der Waals surface area contributed by atoms with Gasteiger partial charge < -0.3 is 0 Å². The highest BCUT2D eigenvalue weighted by atomic mass is 32.1. The van der Waals surface area contributed by atoms with Crippen LogP contribution in [0, 0.1) is 12.7 Å². The van der Waals surface area contributed by atoms with Crippen LogP contribution in [0.5, 0.6) is 0 Å². The lowest BCUT2D eigenvalue weighted by molar-refractivity contribution is 0.0996. The minimum absolute atomic E-state index is 0.0451. The van der Waals surface area contributed by atoms with Crippen LogP contribution >= 0.6 is 11.3 Å². The molecule has 0 saturated heterocycles. The zero-order chi connectivity index (χ0) is 11.5. The van der Waals surface area contributed by atoms with Crippen molar-refractivity contribution in [2.45, 2.75) is 13.3 Å². The molecule has 3 heteroatoms. The quantitative estimate of drug-likeness (QED) is 0.741. The summed E-state index contributed by atoms with van der Waals surface area (Å²) in [6.45, 7) is 1.89. The van der Waals surface area contributed by atoms with Gasteiger partial charge in [-0.3, -0.25) is 4.79 Å². The van der Waals surface area contributed by atoms with Gasteiger partial charge in [0.2, 0.25) is 0 Å². The van der Waals surface area contributed by atoms with Crippen LogP contribution in [-0.2, 0) is 6.42 Å². The van der Waals surface area contributed by atoms with Gasteiger partial charge in [0.25, 0.3) is 0 Å². The molecule has 1 aromatic carbocycles. The molecule has 2 aromatic rings. The van der Waals surface area contributed by atoms with E-state index in [1.54, 1.807) is 12.1 Å². The van der Waals surface area contributed by atoms with E-state index in [9.17, 15) is 9.18 Å². The number of aryl methyl sites for hydroxylation is 1. The summed E-state index contributed by atoms with van der Waals surface area (Å²) in [7, 11) is 0. The summed E-state index contributed by atoms with van der Waals surface area (Å²) in [5.74, 6) is -0.247. The fourth-order valence-electron chi connectivity index (χ4n) is 1.53. The first-order chi connectivity index (χ1) is 7.66. The van der Waals surface area contributed by atoms with Gasteiger partial charge in [0.05, 0.1) is 4.88 Å². The van der Waals surface area contributed by atoms with Crippen LogP contribution in [-0.4, -0.2) is 5.78 Å². The lowest BCUT2D eigenvalue weighted by Crippen LogP contribution is -2.03. The molecule has 0 aliphatic heterocycles. The monoisotopic (exact) mass is 234 g/mol. The molecule has 16 heavy (non-hydrogen) atoms. The van der Waals surface area contributed by atoms with Gasteiger partial charge in [-0.1, -0.05) is 12.1 Å². The molecule has 1 nitrogen and oxygen atoms in total. The van der Waals surface area contributed by atoms with E-state index >= 15 is 0 Å². The van der Waals surface area contributed by atoms with E-state index in [2.05, 4.69) is 0 Å². The van der Waals surface area contributed by atoms with E-state index in [1.807, 2.05) is 18.4 Å². The molecule has 0 N–H and O–H groups in total. The van der Waals surface area contributed by atoms with Gasteiger partial charge in [0.1, 0.15) is 5.82 Å². The highest BCUT2D eigenvalue weighted by molar-refractivity contribution is 7.12. The molecule has 2 rings (SSSR count). The number of hydrogen-bond donors (Lipinski definition) is 0. The van der Waals surface area contributed by atoms with E-state index in [4.69, 9.17) is 0 Å². The van der Waals surface area contributed by atoms with E-state index in [0.717, 1.165) is 16.0 Å². The summed E-state index contributed by atoms with van der Waals surface area (Å²) in [6.07, 6.45) is 0.268. The second kappa shape index (κ2) is 4.58. The first-order valence-electron chi connectivity index (χ1n) is 4.98. The van der Waals surface area contributed by atoms with Gasteiger partial charge in [0, 0.05) is 6.42 Å². The predicted octanol–water partition coefficient (Wildman–Crippen LogP) is 3.62. The number of ketones is 1. The Balaban J connectivity index is 2.21. The molecule has 1 aromatic heterocycles. The minimum atomic E-state index is -0.292. The van der Waals surface area contributed by atoms with Gasteiger partial charge in [-0.15, -0.1) is 11.3 Å². The smallest absolute Gasteiger partial charge is 0.177 e. The lowest BCUT2D eigenvalue weighted by Gasteiger charge is -2.04. The van der Waals surface area contributed by atoms with Crippen LogP contribution in [0.25, 0.3) is 0 Å². The summed E-state index contributed by atoms with van der Waals surface area (Å²) in [4.78, 5) is 12.6. The zero-order valence-electron chi connectivity index (χ0n) is 8.87. The van der Waals surface area contributed by atoms with Crippen LogP contribution < -0.4 is 0 Å². The molecule has 0 atom stereocenters. The Kier molecular flexibility index (Phi) is 3.15. The molecule has 0 bridgehead atoms. The first-order valence-corrected chi connectivity index (χ1v) is 5.86. The number of carbonyl (C=O) groups excluding carboxylic acids is 1. The number of Topliss-reactive ketones (excluding diaryl/α,β-unsaturated/α-hetero) is 1. The molecule has 0 spiro atoms. The number of hydrogen-bond acceptors (Lipinski definition) is 2. The van der Waals surface area contributed by atoms with Crippen LogP contribution in [0.2, 0.25) is 0 Å². The predicted molar refractivity (Wildman–Crippen MR) is 63.5 cm³/mol. The van der Waals surface area contributed by atoms with Crippen LogP contribution in [0.1, 0.15) is 20.8 Å². The second-order valence-electron chi connectivity index (χ2n) is 3.65. The first kappa shape index (κ1) is 11.0. The fraction of sp³-hybridized carbons (Fsp3) is 0.154. The van der Waals surface area contributed by atoms with Crippen molar-refractivity contribution in [2.24, 2.45) is 0 Å². The maximum atomic E-state index is 13.0. The second-order valence-corrected chi connectivity index (χ2v) is 4.60. The van der Waals surface area contributed by atoms with Gasteiger partial charge in [-0.05, 0) is 41.6 Å². The van der Waals surface area contributed by atoms with E-state index in [1.165, 1.54) is 23.5 Å². The summed E-state index contributed by atoms with van der Waals surface area (Å²) in [5.41, 5.74) is 1.71. The molecular formula is C13H11FOS. The van der Waals surface area contributed by atoms with Gasteiger partial charge >= 0.3 is 0 Å². The molecule has 82 valence electrons. The lowest BCUT2D eigenvalue weighted by atomic mass is 10.0. The summed E-state index contributed by atoms with van der Waals surface area (Å²) < 4.78 is 13.0. The van der Waals surface area contributed by atoms with Crippen LogP contribution in [0.15, 0.2) is 35.7 Å². The normalized spacial score (nSPS) is 10.4. The Labute approximate surface area is 97.6 Å². The maximum absolute atomic E-state index is 13.0. The molecule has 0 aliphatic rings. The average molecular weight is 234 g/mol. The Morgan fingerprint density at radius 1 is 1.38 bits per heavy atom. The molecular weight excluding hydrogens is 223 g/mol. The van der Waals surface area contributed by atoms with Crippen molar-refractivity contribution in [3.8, 4) is 0 Å². The standard InChI is InChI=1S/C13H11FOS/c1-9-4-5-11(14)7-10(9)8-12(15)13-3-2-6-16-13/h2-7H,8H2,1H3. The summed E-state index contributed by atoms with van der Waals surface area (Å²) in [5, 5.41) is 1.87.